The van der Waals surface area contributed by atoms with E-state index in [-0.39, 0.29) is 37.7 Å². The van der Waals surface area contributed by atoms with E-state index in [4.69, 9.17) is 25.8 Å². The van der Waals surface area contributed by atoms with Crippen molar-refractivity contribution in [3.05, 3.63) is 87.1 Å². The molecule has 1 unspecified atom stereocenters. The van der Waals surface area contributed by atoms with Crippen molar-refractivity contribution >= 4 is 34.8 Å². The van der Waals surface area contributed by atoms with Gasteiger partial charge in [0.15, 0.2) is 11.5 Å². The van der Waals surface area contributed by atoms with Crippen molar-refractivity contribution in [3.63, 3.8) is 0 Å². The molecule has 2 aromatic carbocycles. The SMILES string of the molecule is C=CCN(CC(=O)N1CCc2sccc2C1COc1ccc(Cl)c(C)c1)C(=O)c1ccc2c(c1)OCO2. The van der Waals surface area contributed by atoms with E-state index in [9.17, 15) is 9.59 Å². The molecule has 1 atom stereocenters. The van der Waals surface area contributed by atoms with Gasteiger partial charge in [0.1, 0.15) is 18.9 Å². The summed E-state index contributed by atoms with van der Waals surface area (Å²) in [6, 6.07) is 12.4. The maximum absolute atomic E-state index is 13.6. The molecule has 1 aromatic heterocycles. The Morgan fingerprint density at radius 3 is 2.86 bits per heavy atom. The number of aryl methyl sites for hydroxylation is 1. The predicted molar refractivity (Wildman–Crippen MR) is 143 cm³/mol. The van der Waals surface area contributed by atoms with Gasteiger partial charge in [-0.15, -0.1) is 17.9 Å². The minimum Gasteiger partial charge on any atom is -0.491 e. The van der Waals surface area contributed by atoms with E-state index < -0.39 is 0 Å². The van der Waals surface area contributed by atoms with Crippen LogP contribution in [0, 0.1) is 6.92 Å². The van der Waals surface area contributed by atoms with Crippen LogP contribution in [-0.2, 0) is 11.2 Å². The lowest BCUT2D eigenvalue weighted by Crippen LogP contribution is -2.47. The van der Waals surface area contributed by atoms with Gasteiger partial charge in [0.25, 0.3) is 5.91 Å². The molecular weight excluding hydrogens is 512 g/mol. The van der Waals surface area contributed by atoms with Crippen LogP contribution in [0.3, 0.4) is 0 Å². The Morgan fingerprint density at radius 2 is 2.05 bits per heavy atom. The van der Waals surface area contributed by atoms with Crippen LogP contribution < -0.4 is 14.2 Å². The molecular formula is C28H27ClN2O5S. The van der Waals surface area contributed by atoms with E-state index >= 15 is 0 Å². The molecule has 192 valence electrons. The average Bonchev–Trinajstić information content (AvgIpc) is 3.57. The summed E-state index contributed by atoms with van der Waals surface area (Å²) < 4.78 is 16.9. The molecule has 9 heteroatoms. The molecule has 2 aliphatic rings. The second kappa shape index (κ2) is 10.9. The van der Waals surface area contributed by atoms with Gasteiger partial charge in [-0.25, -0.2) is 0 Å². The quantitative estimate of drug-likeness (QED) is 0.365. The van der Waals surface area contributed by atoms with Crippen molar-refractivity contribution < 1.29 is 23.8 Å². The standard InChI is InChI=1S/C28H27ClN2O5S/c1-3-10-30(28(33)19-4-7-24-25(14-19)36-17-35-24)15-27(32)31-11-8-26-21(9-12-37-26)23(31)16-34-20-5-6-22(29)18(2)13-20/h3-7,9,12-14,23H,1,8,10-11,15-17H2,2H3. The maximum Gasteiger partial charge on any atom is 0.254 e. The van der Waals surface area contributed by atoms with Crippen LogP contribution in [0.2, 0.25) is 5.02 Å². The number of benzene rings is 2. The van der Waals surface area contributed by atoms with Crippen molar-refractivity contribution in [1.82, 2.24) is 9.80 Å². The van der Waals surface area contributed by atoms with Crippen LogP contribution in [0.4, 0.5) is 0 Å². The number of nitrogens with zero attached hydrogens (tertiary/aromatic N) is 2. The van der Waals surface area contributed by atoms with E-state index in [0.717, 1.165) is 17.5 Å². The molecule has 7 nitrogen and oxygen atoms in total. The van der Waals surface area contributed by atoms with Gasteiger partial charge in [-0.2, -0.15) is 0 Å². The first kappa shape index (κ1) is 25.2. The van der Waals surface area contributed by atoms with Crippen LogP contribution >= 0.6 is 22.9 Å². The van der Waals surface area contributed by atoms with Crippen LogP contribution in [-0.4, -0.2) is 54.6 Å². The summed E-state index contributed by atoms with van der Waals surface area (Å²) in [6.07, 6.45) is 2.39. The fraction of sp³-hybridized carbons (Fsp3) is 0.286. The van der Waals surface area contributed by atoms with Crippen molar-refractivity contribution in [3.8, 4) is 17.2 Å². The van der Waals surface area contributed by atoms with Crippen molar-refractivity contribution in [2.75, 3.05) is 33.0 Å². The van der Waals surface area contributed by atoms with Crippen molar-refractivity contribution in [2.24, 2.45) is 0 Å². The molecule has 5 rings (SSSR count). The van der Waals surface area contributed by atoms with Gasteiger partial charge in [0.05, 0.1) is 6.04 Å². The van der Waals surface area contributed by atoms with E-state index in [1.807, 2.05) is 29.3 Å². The number of amides is 2. The van der Waals surface area contributed by atoms with Gasteiger partial charge in [-0.1, -0.05) is 17.7 Å². The highest BCUT2D eigenvalue weighted by molar-refractivity contribution is 7.10. The lowest BCUT2D eigenvalue weighted by molar-refractivity contribution is -0.135. The molecule has 0 aliphatic carbocycles. The number of carbonyl (C=O) groups excluding carboxylic acids is 2. The number of hydrogen-bond acceptors (Lipinski definition) is 6. The molecule has 0 N–H and O–H groups in total. The third-order valence-corrected chi connectivity index (χ3v) is 7.96. The lowest BCUT2D eigenvalue weighted by Gasteiger charge is -2.37. The fourth-order valence-electron chi connectivity index (χ4n) is 4.60. The minimum absolute atomic E-state index is 0.0741. The van der Waals surface area contributed by atoms with Gasteiger partial charge in [-0.05, 0) is 72.3 Å². The average molecular weight is 539 g/mol. The maximum atomic E-state index is 13.6. The van der Waals surface area contributed by atoms with Crippen LogP contribution in [0.25, 0.3) is 0 Å². The first-order valence-corrected chi connectivity index (χ1v) is 13.2. The summed E-state index contributed by atoms with van der Waals surface area (Å²) in [5.74, 6) is 1.40. The summed E-state index contributed by atoms with van der Waals surface area (Å²) in [5.41, 5.74) is 2.44. The third kappa shape index (κ3) is 5.31. The summed E-state index contributed by atoms with van der Waals surface area (Å²) in [4.78, 5) is 31.6. The molecule has 37 heavy (non-hydrogen) atoms. The smallest absolute Gasteiger partial charge is 0.254 e. The number of hydrogen-bond donors (Lipinski definition) is 0. The summed E-state index contributed by atoms with van der Waals surface area (Å²) >= 11 is 7.85. The highest BCUT2D eigenvalue weighted by atomic mass is 35.5. The van der Waals surface area contributed by atoms with Gasteiger partial charge in [0.2, 0.25) is 12.7 Å². The Kier molecular flexibility index (Phi) is 7.39. The molecule has 0 fully saturated rings. The Labute approximate surface area is 224 Å². The summed E-state index contributed by atoms with van der Waals surface area (Å²) in [5, 5.41) is 2.72. The summed E-state index contributed by atoms with van der Waals surface area (Å²) in [6.45, 7) is 6.85. The normalized spacial score (nSPS) is 15.7. The zero-order valence-electron chi connectivity index (χ0n) is 20.4. The van der Waals surface area contributed by atoms with E-state index in [1.165, 1.54) is 9.78 Å². The molecule has 0 saturated carbocycles. The molecule has 0 spiro atoms. The van der Waals surface area contributed by atoms with E-state index in [2.05, 4.69) is 12.6 Å². The first-order chi connectivity index (χ1) is 17.9. The van der Waals surface area contributed by atoms with Gasteiger partial charge in [-0.3, -0.25) is 9.59 Å². The highest BCUT2D eigenvalue weighted by Gasteiger charge is 2.33. The predicted octanol–water partition coefficient (Wildman–Crippen LogP) is 5.27. The Morgan fingerprint density at radius 1 is 1.22 bits per heavy atom. The number of carbonyl (C=O) groups is 2. The van der Waals surface area contributed by atoms with Crippen LogP contribution in [0.15, 0.2) is 60.5 Å². The number of halogens is 1. The monoisotopic (exact) mass is 538 g/mol. The summed E-state index contributed by atoms with van der Waals surface area (Å²) in [7, 11) is 0. The molecule has 2 amide bonds. The second-order valence-electron chi connectivity index (χ2n) is 8.92. The topological polar surface area (TPSA) is 68.3 Å². The number of ether oxygens (including phenoxy) is 3. The number of thiophene rings is 1. The van der Waals surface area contributed by atoms with Crippen LogP contribution in [0.1, 0.15) is 32.4 Å². The molecule has 3 aromatic rings. The van der Waals surface area contributed by atoms with Gasteiger partial charge >= 0.3 is 0 Å². The number of fused-ring (bicyclic) bond motifs is 2. The molecule has 3 heterocycles. The zero-order valence-corrected chi connectivity index (χ0v) is 22.0. The third-order valence-electron chi connectivity index (χ3n) is 6.53. The Hall–Kier alpha value is -3.49. The molecule has 0 bridgehead atoms. The van der Waals surface area contributed by atoms with Crippen molar-refractivity contribution in [1.29, 1.82) is 0 Å². The number of rotatable bonds is 8. The molecule has 0 saturated heterocycles. The Bertz CT molecular complexity index is 1340. The Balaban J connectivity index is 1.33. The lowest BCUT2D eigenvalue weighted by atomic mass is 10.0. The fourth-order valence-corrected chi connectivity index (χ4v) is 5.64. The van der Waals surface area contributed by atoms with Crippen molar-refractivity contribution in [2.45, 2.75) is 19.4 Å². The van der Waals surface area contributed by atoms with Gasteiger partial charge < -0.3 is 24.0 Å². The van der Waals surface area contributed by atoms with Gasteiger partial charge in [0, 0.05) is 28.6 Å². The van der Waals surface area contributed by atoms with E-state index in [1.54, 1.807) is 41.7 Å². The molecule has 0 radical (unpaired) electrons. The molecule has 2 aliphatic heterocycles. The minimum atomic E-state index is -0.274. The largest absolute Gasteiger partial charge is 0.491 e. The highest BCUT2D eigenvalue weighted by Crippen LogP contribution is 2.35. The van der Waals surface area contributed by atoms with E-state index in [0.29, 0.717) is 41.0 Å². The first-order valence-electron chi connectivity index (χ1n) is 12.0. The van der Waals surface area contributed by atoms with Crippen LogP contribution in [0.5, 0.6) is 17.2 Å². The second-order valence-corrected chi connectivity index (χ2v) is 10.3. The zero-order chi connectivity index (χ0) is 25.9.